The van der Waals surface area contributed by atoms with Gasteiger partial charge in [-0.3, -0.25) is 0 Å². The highest BCUT2D eigenvalue weighted by Gasteiger charge is 2.36. The Hall–Kier alpha value is -4.40. The summed E-state index contributed by atoms with van der Waals surface area (Å²) in [6.07, 6.45) is -4.90. The predicted octanol–water partition coefficient (Wildman–Crippen LogP) is 2.78. The number of ether oxygens (including phenoxy) is 2. The summed E-state index contributed by atoms with van der Waals surface area (Å²) in [7, 11) is 0. The SMILES string of the molecule is O=C(OC(=O)C(O)C(O)C(=O)OC(=O)c1cccc2ccccc12)c1cccc2ccccc12. The van der Waals surface area contributed by atoms with E-state index in [9.17, 15) is 29.4 Å². The quantitative estimate of drug-likeness (QED) is 0.345. The smallest absolute Gasteiger partial charge is 0.346 e. The molecule has 34 heavy (non-hydrogen) atoms. The second-order valence-corrected chi connectivity index (χ2v) is 7.36. The van der Waals surface area contributed by atoms with E-state index in [2.05, 4.69) is 9.47 Å². The average molecular weight is 458 g/mol. The van der Waals surface area contributed by atoms with Crippen molar-refractivity contribution >= 4 is 45.4 Å². The summed E-state index contributed by atoms with van der Waals surface area (Å²) in [4.78, 5) is 49.3. The van der Waals surface area contributed by atoms with Crippen molar-refractivity contribution in [2.24, 2.45) is 0 Å². The lowest BCUT2D eigenvalue weighted by molar-refractivity contribution is -0.166. The van der Waals surface area contributed by atoms with E-state index in [1.54, 1.807) is 72.8 Å². The predicted molar refractivity (Wildman–Crippen MR) is 121 cm³/mol. The van der Waals surface area contributed by atoms with Crippen LogP contribution in [0.3, 0.4) is 0 Å². The Morgan fingerprint density at radius 2 is 0.882 bits per heavy atom. The van der Waals surface area contributed by atoms with E-state index in [1.807, 2.05) is 0 Å². The lowest BCUT2D eigenvalue weighted by Gasteiger charge is -2.15. The van der Waals surface area contributed by atoms with Crippen LogP contribution in [0.2, 0.25) is 0 Å². The van der Waals surface area contributed by atoms with Gasteiger partial charge in [-0.2, -0.15) is 0 Å². The molecule has 0 radical (unpaired) electrons. The van der Waals surface area contributed by atoms with Crippen LogP contribution < -0.4 is 0 Å². The molecule has 2 atom stereocenters. The van der Waals surface area contributed by atoms with E-state index in [0.29, 0.717) is 10.8 Å². The molecule has 0 saturated carbocycles. The van der Waals surface area contributed by atoms with Gasteiger partial charge in [0.05, 0.1) is 11.1 Å². The van der Waals surface area contributed by atoms with Crippen LogP contribution in [0.15, 0.2) is 84.9 Å². The fraction of sp³-hybridized carbons (Fsp3) is 0.0769. The Kier molecular flexibility index (Phi) is 6.44. The zero-order valence-electron chi connectivity index (χ0n) is 17.6. The number of carbonyl (C=O) groups excluding carboxylic acids is 4. The normalized spacial score (nSPS) is 12.6. The van der Waals surface area contributed by atoms with Gasteiger partial charge in [0.1, 0.15) is 0 Å². The van der Waals surface area contributed by atoms with Crippen LogP contribution in [0.5, 0.6) is 0 Å². The minimum absolute atomic E-state index is 0.0573. The third-order valence-electron chi connectivity index (χ3n) is 5.19. The molecule has 0 aromatic heterocycles. The van der Waals surface area contributed by atoms with Crippen molar-refractivity contribution in [2.75, 3.05) is 0 Å². The number of rotatable bonds is 5. The van der Waals surface area contributed by atoms with Gasteiger partial charge in [-0.15, -0.1) is 0 Å². The Labute approximate surface area is 193 Å². The molecule has 0 aliphatic carbocycles. The molecule has 8 nitrogen and oxygen atoms in total. The van der Waals surface area contributed by atoms with Crippen LogP contribution in [0.25, 0.3) is 21.5 Å². The van der Waals surface area contributed by atoms with Gasteiger partial charge in [-0.1, -0.05) is 72.8 Å². The lowest BCUT2D eigenvalue weighted by Crippen LogP contribution is -2.43. The largest absolute Gasteiger partial charge is 0.387 e. The first kappa shape index (κ1) is 22.8. The van der Waals surface area contributed by atoms with Crippen molar-refractivity contribution in [3.63, 3.8) is 0 Å². The number of carbonyl (C=O) groups is 4. The molecule has 2 N–H and O–H groups in total. The molecule has 0 spiro atoms. The Balaban J connectivity index is 1.43. The lowest BCUT2D eigenvalue weighted by atomic mass is 10.0. The standard InChI is InChI=1S/C26H18O8/c27-21(25(31)33-23(29)19-13-5-9-15-7-1-3-11-17(15)19)22(28)26(32)34-24(30)20-14-6-10-16-8-2-4-12-18(16)20/h1-14,21-22,27-28H. The van der Waals surface area contributed by atoms with Crippen molar-refractivity contribution in [1.29, 1.82) is 0 Å². The summed E-state index contributed by atoms with van der Waals surface area (Å²) in [5.74, 6) is -5.29. The summed E-state index contributed by atoms with van der Waals surface area (Å²) in [5.41, 5.74) is 0.115. The van der Waals surface area contributed by atoms with Crippen molar-refractivity contribution in [3.05, 3.63) is 96.1 Å². The molecule has 0 amide bonds. The summed E-state index contributed by atoms with van der Waals surface area (Å²) < 4.78 is 9.29. The molecule has 4 rings (SSSR count). The average Bonchev–Trinajstić information content (AvgIpc) is 2.86. The minimum atomic E-state index is -2.45. The van der Waals surface area contributed by atoms with Crippen LogP contribution in [0.1, 0.15) is 20.7 Å². The topological polar surface area (TPSA) is 127 Å². The van der Waals surface area contributed by atoms with Gasteiger partial charge < -0.3 is 19.7 Å². The summed E-state index contributed by atoms with van der Waals surface area (Å²) >= 11 is 0. The number of fused-ring (bicyclic) bond motifs is 2. The van der Waals surface area contributed by atoms with Crippen molar-refractivity contribution < 1.29 is 38.9 Å². The summed E-state index contributed by atoms with van der Waals surface area (Å²) in [6, 6.07) is 23.3. The highest BCUT2D eigenvalue weighted by atomic mass is 16.6. The molecular weight excluding hydrogens is 440 g/mol. The van der Waals surface area contributed by atoms with Crippen molar-refractivity contribution in [2.45, 2.75) is 12.2 Å². The Bertz CT molecular complexity index is 1310. The fourth-order valence-electron chi connectivity index (χ4n) is 3.48. The fourth-order valence-corrected chi connectivity index (χ4v) is 3.48. The first-order chi connectivity index (χ1) is 16.4. The van der Waals surface area contributed by atoms with E-state index in [1.165, 1.54) is 12.1 Å². The molecule has 0 aliphatic heterocycles. The molecule has 0 fully saturated rings. The first-order valence-electron chi connectivity index (χ1n) is 10.2. The monoisotopic (exact) mass is 458 g/mol. The van der Waals surface area contributed by atoms with Crippen molar-refractivity contribution in [1.82, 2.24) is 0 Å². The molecular formula is C26H18O8. The second-order valence-electron chi connectivity index (χ2n) is 7.36. The van der Waals surface area contributed by atoms with Gasteiger partial charge >= 0.3 is 23.9 Å². The van der Waals surface area contributed by atoms with Gasteiger partial charge in [0.2, 0.25) is 0 Å². The molecule has 170 valence electrons. The Morgan fingerprint density at radius 1 is 0.529 bits per heavy atom. The van der Waals surface area contributed by atoms with Crippen LogP contribution >= 0.6 is 0 Å². The van der Waals surface area contributed by atoms with Gasteiger partial charge in [-0.25, -0.2) is 19.2 Å². The van der Waals surface area contributed by atoms with Gasteiger partial charge in [0.15, 0.2) is 12.2 Å². The maximum absolute atomic E-state index is 12.4. The number of hydrogen-bond donors (Lipinski definition) is 2. The Morgan fingerprint density at radius 3 is 1.29 bits per heavy atom. The van der Waals surface area contributed by atoms with Crippen molar-refractivity contribution in [3.8, 4) is 0 Å². The minimum Gasteiger partial charge on any atom is -0.387 e. The third kappa shape index (κ3) is 4.54. The van der Waals surface area contributed by atoms with Gasteiger partial charge in [0, 0.05) is 0 Å². The van der Waals surface area contributed by atoms with Gasteiger partial charge in [-0.05, 0) is 33.7 Å². The number of aliphatic hydroxyl groups is 2. The molecule has 0 heterocycles. The highest BCUT2D eigenvalue weighted by molar-refractivity contribution is 6.09. The molecule has 0 saturated heterocycles. The molecule has 0 bridgehead atoms. The molecule has 8 heteroatoms. The summed E-state index contributed by atoms with van der Waals surface area (Å²) in [6.45, 7) is 0. The van der Waals surface area contributed by atoms with Crippen LogP contribution in [-0.2, 0) is 19.1 Å². The zero-order chi connectivity index (χ0) is 24.2. The maximum atomic E-state index is 12.4. The summed E-state index contributed by atoms with van der Waals surface area (Å²) in [5, 5.41) is 22.5. The number of benzene rings is 4. The van der Waals surface area contributed by atoms with E-state index in [-0.39, 0.29) is 11.1 Å². The van der Waals surface area contributed by atoms with E-state index in [4.69, 9.17) is 0 Å². The first-order valence-corrected chi connectivity index (χ1v) is 10.2. The van der Waals surface area contributed by atoms with Gasteiger partial charge in [0.25, 0.3) is 0 Å². The third-order valence-corrected chi connectivity index (χ3v) is 5.19. The molecule has 4 aromatic rings. The number of hydrogen-bond acceptors (Lipinski definition) is 8. The van der Waals surface area contributed by atoms with E-state index in [0.717, 1.165) is 10.8 Å². The molecule has 0 aliphatic rings. The molecule has 4 aromatic carbocycles. The second kappa shape index (κ2) is 9.62. The maximum Gasteiger partial charge on any atom is 0.346 e. The van der Waals surface area contributed by atoms with E-state index < -0.39 is 36.1 Å². The highest BCUT2D eigenvalue weighted by Crippen LogP contribution is 2.21. The van der Waals surface area contributed by atoms with Crippen LogP contribution in [-0.4, -0.2) is 46.3 Å². The zero-order valence-corrected chi connectivity index (χ0v) is 17.6. The van der Waals surface area contributed by atoms with Crippen LogP contribution in [0, 0.1) is 0 Å². The van der Waals surface area contributed by atoms with Crippen LogP contribution in [0.4, 0.5) is 0 Å². The number of aliphatic hydroxyl groups excluding tert-OH is 2. The van der Waals surface area contributed by atoms with E-state index >= 15 is 0 Å². The number of esters is 4. The molecule has 2 unspecified atom stereocenters.